The number of aromatic nitrogens is 4. The Hall–Kier alpha value is -3.56. The maximum absolute atomic E-state index is 12.3. The number of hydrogen-bond donors (Lipinski definition) is 2. The molecule has 3 aromatic heterocycles. The van der Waals surface area contributed by atoms with Crippen LogP contribution in [0.15, 0.2) is 42.6 Å². The van der Waals surface area contributed by atoms with Crippen molar-refractivity contribution in [2.45, 2.75) is 33.1 Å². The summed E-state index contributed by atoms with van der Waals surface area (Å²) < 4.78 is 7.05. The van der Waals surface area contributed by atoms with Gasteiger partial charge in [-0.3, -0.25) is 4.79 Å². The van der Waals surface area contributed by atoms with Gasteiger partial charge in [-0.1, -0.05) is 29.5 Å². The lowest BCUT2D eigenvalue weighted by Crippen LogP contribution is -2.13. The Morgan fingerprint density at radius 3 is 2.80 bits per heavy atom. The normalized spacial score (nSPS) is 12.2. The van der Waals surface area contributed by atoms with E-state index in [4.69, 9.17) is 14.8 Å². The Kier molecular flexibility index (Phi) is 6.61. The maximum Gasteiger partial charge on any atom is 0.228 e. The molecule has 4 aromatic rings. The van der Waals surface area contributed by atoms with Crippen molar-refractivity contribution in [3.05, 3.63) is 59.4 Å². The minimum Gasteiger partial charge on any atom is -0.384 e. The van der Waals surface area contributed by atoms with Crippen LogP contribution in [0.4, 0.5) is 10.9 Å². The Morgan fingerprint density at radius 1 is 1.20 bits per heavy atom. The molecule has 2 N–H and O–H groups in total. The number of carbonyl (C=O) groups excluding carboxylic acids is 1. The molecule has 0 aliphatic heterocycles. The van der Waals surface area contributed by atoms with Gasteiger partial charge in [0.15, 0.2) is 5.13 Å². The van der Waals surface area contributed by atoms with Crippen LogP contribution in [-0.4, -0.2) is 45.9 Å². The van der Waals surface area contributed by atoms with Crippen molar-refractivity contribution in [1.29, 1.82) is 0 Å². The van der Waals surface area contributed by atoms with E-state index in [0.717, 1.165) is 64.0 Å². The largest absolute Gasteiger partial charge is 0.384 e. The van der Waals surface area contributed by atoms with Crippen molar-refractivity contribution in [1.82, 2.24) is 19.7 Å². The summed E-state index contributed by atoms with van der Waals surface area (Å²) in [4.78, 5) is 22.6. The highest BCUT2D eigenvalue weighted by atomic mass is 32.1. The molecule has 5 rings (SSSR count). The number of methoxy groups -OCH3 is 1. The highest BCUT2D eigenvalue weighted by Crippen LogP contribution is 2.44. The van der Waals surface area contributed by atoms with Gasteiger partial charge in [-0.15, -0.1) is 0 Å². The van der Waals surface area contributed by atoms with Gasteiger partial charge in [-0.2, -0.15) is 5.10 Å². The molecule has 0 radical (unpaired) electrons. The van der Waals surface area contributed by atoms with Crippen molar-refractivity contribution in [3.8, 4) is 27.5 Å². The summed E-state index contributed by atoms with van der Waals surface area (Å²) in [5.74, 6) is 0.750. The molecule has 0 atom stereocenters. The topological polar surface area (TPSA) is 94.0 Å². The zero-order valence-corrected chi connectivity index (χ0v) is 20.9. The first kappa shape index (κ1) is 23.2. The fourth-order valence-corrected chi connectivity index (χ4v) is 5.41. The lowest BCUT2D eigenvalue weighted by Gasteiger charge is -2.15. The smallest absolute Gasteiger partial charge is 0.228 e. The van der Waals surface area contributed by atoms with E-state index in [1.807, 2.05) is 29.1 Å². The molecule has 1 aliphatic rings. The SMILES string of the molecule is CCNc1ccc(-c2nn(-c3ccccc3C)c3c2CCc2nc(NC(=O)CCOC)sc2-3)cn1. The number of amides is 1. The number of para-hydroxylation sites is 1. The lowest BCUT2D eigenvalue weighted by molar-refractivity contribution is -0.117. The van der Waals surface area contributed by atoms with E-state index in [0.29, 0.717) is 18.2 Å². The highest BCUT2D eigenvalue weighted by Gasteiger charge is 2.30. The second-order valence-electron chi connectivity index (χ2n) is 8.42. The number of nitrogens with one attached hydrogen (secondary N) is 2. The van der Waals surface area contributed by atoms with Gasteiger partial charge in [-0.05, 0) is 50.5 Å². The van der Waals surface area contributed by atoms with Crippen LogP contribution in [0, 0.1) is 6.92 Å². The zero-order chi connectivity index (χ0) is 24.4. The van der Waals surface area contributed by atoms with Gasteiger partial charge >= 0.3 is 0 Å². The summed E-state index contributed by atoms with van der Waals surface area (Å²) >= 11 is 1.50. The van der Waals surface area contributed by atoms with Crippen LogP contribution in [0.3, 0.4) is 0 Å². The molecular weight excluding hydrogens is 460 g/mol. The first-order valence-corrected chi connectivity index (χ1v) is 12.6. The summed E-state index contributed by atoms with van der Waals surface area (Å²) in [6, 6.07) is 12.3. The van der Waals surface area contributed by atoms with Crippen molar-refractivity contribution < 1.29 is 9.53 Å². The number of rotatable bonds is 8. The lowest BCUT2D eigenvalue weighted by atomic mass is 9.95. The van der Waals surface area contributed by atoms with E-state index < -0.39 is 0 Å². The molecular formula is C26H28N6O2S. The Bertz CT molecular complexity index is 1360. The summed E-state index contributed by atoms with van der Waals surface area (Å²) in [5.41, 5.74) is 7.29. The zero-order valence-electron chi connectivity index (χ0n) is 20.1. The molecule has 35 heavy (non-hydrogen) atoms. The number of fused-ring (bicyclic) bond motifs is 3. The Labute approximate surface area is 208 Å². The van der Waals surface area contributed by atoms with Crippen LogP contribution >= 0.6 is 11.3 Å². The fraction of sp³-hybridized carbons (Fsp3) is 0.308. The fourth-order valence-electron chi connectivity index (χ4n) is 4.33. The van der Waals surface area contributed by atoms with Crippen LogP contribution in [-0.2, 0) is 22.4 Å². The molecule has 180 valence electrons. The van der Waals surface area contributed by atoms with Gasteiger partial charge < -0.3 is 15.4 Å². The van der Waals surface area contributed by atoms with E-state index in [1.54, 1.807) is 7.11 Å². The maximum atomic E-state index is 12.3. The van der Waals surface area contributed by atoms with Crippen molar-refractivity contribution in [2.75, 3.05) is 30.9 Å². The summed E-state index contributed by atoms with van der Waals surface area (Å²) in [7, 11) is 1.59. The average molecular weight is 489 g/mol. The number of benzene rings is 1. The van der Waals surface area contributed by atoms with Crippen LogP contribution in [0.25, 0.3) is 27.5 Å². The molecule has 3 heterocycles. The Morgan fingerprint density at radius 2 is 2.06 bits per heavy atom. The molecule has 0 spiro atoms. The van der Waals surface area contributed by atoms with E-state index in [1.165, 1.54) is 16.9 Å². The van der Waals surface area contributed by atoms with E-state index in [9.17, 15) is 4.79 Å². The number of aryl methyl sites for hydroxylation is 2. The predicted octanol–water partition coefficient (Wildman–Crippen LogP) is 4.87. The molecule has 9 heteroatoms. The Balaban J connectivity index is 1.61. The molecule has 0 saturated heterocycles. The van der Waals surface area contributed by atoms with Crippen molar-refractivity contribution in [3.63, 3.8) is 0 Å². The third kappa shape index (κ3) is 4.56. The number of pyridine rings is 1. The third-order valence-electron chi connectivity index (χ3n) is 6.03. The van der Waals surface area contributed by atoms with Crippen LogP contribution in [0.5, 0.6) is 0 Å². The standard InChI is InChI=1S/C26H28N6O2S/c1-4-27-21-12-9-17(15-28-21)23-18-10-11-19-25(35-26(29-19)30-22(33)13-14-34-3)24(18)32(31-23)20-8-6-5-7-16(20)2/h5-9,12,15H,4,10-11,13-14H2,1-3H3,(H,27,28)(H,29,30,33). The number of anilines is 2. The molecule has 1 amide bonds. The van der Waals surface area contributed by atoms with Gasteiger partial charge in [-0.25, -0.2) is 14.6 Å². The van der Waals surface area contributed by atoms with E-state index in [-0.39, 0.29) is 5.91 Å². The van der Waals surface area contributed by atoms with Gasteiger partial charge in [0, 0.05) is 31.0 Å². The number of thiazole rings is 1. The molecule has 0 saturated carbocycles. The molecule has 1 aromatic carbocycles. The molecule has 0 unspecified atom stereocenters. The summed E-state index contributed by atoms with van der Waals surface area (Å²) in [6.45, 7) is 5.34. The predicted molar refractivity (Wildman–Crippen MR) is 139 cm³/mol. The van der Waals surface area contributed by atoms with Crippen LogP contribution in [0.1, 0.15) is 30.2 Å². The second-order valence-corrected chi connectivity index (χ2v) is 9.42. The summed E-state index contributed by atoms with van der Waals surface area (Å²) in [6.07, 6.45) is 3.79. The first-order chi connectivity index (χ1) is 17.1. The molecule has 0 bridgehead atoms. The number of carbonyl (C=O) groups is 1. The third-order valence-corrected chi connectivity index (χ3v) is 7.05. The van der Waals surface area contributed by atoms with Crippen LogP contribution < -0.4 is 10.6 Å². The van der Waals surface area contributed by atoms with Crippen molar-refractivity contribution in [2.24, 2.45) is 0 Å². The second kappa shape index (κ2) is 9.97. The number of hydrogen-bond acceptors (Lipinski definition) is 7. The molecule has 0 fully saturated rings. The molecule has 1 aliphatic carbocycles. The monoisotopic (exact) mass is 488 g/mol. The number of nitrogens with zero attached hydrogens (tertiary/aromatic N) is 4. The average Bonchev–Trinajstić information content (AvgIpc) is 3.45. The van der Waals surface area contributed by atoms with Gasteiger partial charge in [0.1, 0.15) is 5.82 Å². The number of ether oxygens (including phenoxy) is 1. The van der Waals surface area contributed by atoms with Crippen LogP contribution in [0.2, 0.25) is 0 Å². The quantitative estimate of drug-likeness (QED) is 0.367. The minimum atomic E-state index is -0.0990. The minimum absolute atomic E-state index is 0.0990. The van der Waals surface area contributed by atoms with Gasteiger partial charge in [0.2, 0.25) is 5.91 Å². The van der Waals surface area contributed by atoms with Gasteiger partial charge in [0.05, 0.1) is 40.7 Å². The summed E-state index contributed by atoms with van der Waals surface area (Å²) in [5, 5.41) is 11.9. The van der Waals surface area contributed by atoms with Crippen molar-refractivity contribution >= 4 is 28.2 Å². The highest BCUT2D eigenvalue weighted by molar-refractivity contribution is 7.19. The molecule has 8 nitrogen and oxygen atoms in total. The first-order valence-electron chi connectivity index (χ1n) is 11.8. The van der Waals surface area contributed by atoms with Gasteiger partial charge in [0.25, 0.3) is 0 Å². The van der Waals surface area contributed by atoms with E-state index >= 15 is 0 Å². The van der Waals surface area contributed by atoms with E-state index in [2.05, 4.69) is 47.7 Å².